The number of aromatic carboxylic acids is 1. The molecule has 0 saturated heterocycles. The Hall–Kier alpha value is -3.22. The second kappa shape index (κ2) is 8.05. The molecule has 0 saturated carbocycles. The highest BCUT2D eigenvalue weighted by molar-refractivity contribution is 6.05. The molecule has 7 heteroatoms. The van der Waals surface area contributed by atoms with E-state index in [-0.39, 0.29) is 11.3 Å². The summed E-state index contributed by atoms with van der Waals surface area (Å²) in [5, 5.41) is 21.2. The lowest BCUT2D eigenvalue weighted by Gasteiger charge is -2.12. The van der Waals surface area contributed by atoms with Crippen molar-refractivity contribution in [3.63, 3.8) is 0 Å². The molecule has 0 fully saturated rings. The highest BCUT2D eigenvalue weighted by Gasteiger charge is 2.14. The normalized spacial score (nSPS) is 10.2. The van der Waals surface area contributed by atoms with Crippen LogP contribution in [0.25, 0.3) is 0 Å². The molecule has 0 heterocycles. The molecule has 0 radical (unpaired) electrons. The van der Waals surface area contributed by atoms with E-state index in [1.54, 1.807) is 18.2 Å². The van der Waals surface area contributed by atoms with Crippen LogP contribution in [0.4, 0.5) is 5.69 Å². The first-order valence-electron chi connectivity index (χ1n) is 7.73. The van der Waals surface area contributed by atoms with E-state index in [1.165, 1.54) is 18.2 Å². The van der Waals surface area contributed by atoms with Gasteiger partial charge in [-0.1, -0.05) is 0 Å². The molecular formula is C18H19NO6. The molecule has 0 bridgehead atoms. The number of amides is 1. The van der Waals surface area contributed by atoms with Gasteiger partial charge in [0.15, 0.2) is 11.5 Å². The number of carboxylic acids is 1. The third-order valence-electron chi connectivity index (χ3n) is 3.29. The summed E-state index contributed by atoms with van der Waals surface area (Å²) >= 11 is 0. The van der Waals surface area contributed by atoms with E-state index >= 15 is 0 Å². The molecular weight excluding hydrogens is 326 g/mol. The van der Waals surface area contributed by atoms with E-state index in [9.17, 15) is 14.7 Å². The van der Waals surface area contributed by atoms with Crippen LogP contribution in [0, 0.1) is 0 Å². The highest BCUT2D eigenvalue weighted by Crippen LogP contribution is 2.29. The van der Waals surface area contributed by atoms with Crippen LogP contribution in [0.2, 0.25) is 0 Å². The Morgan fingerprint density at radius 2 is 1.68 bits per heavy atom. The van der Waals surface area contributed by atoms with Crippen LogP contribution in [0.5, 0.6) is 17.2 Å². The maximum absolute atomic E-state index is 12.4. The molecule has 3 N–H and O–H groups in total. The fourth-order valence-corrected chi connectivity index (χ4v) is 2.19. The van der Waals surface area contributed by atoms with Crippen molar-refractivity contribution in [3.8, 4) is 17.2 Å². The van der Waals surface area contributed by atoms with E-state index in [1.807, 2.05) is 13.8 Å². The van der Waals surface area contributed by atoms with Gasteiger partial charge in [-0.05, 0) is 44.2 Å². The first-order chi connectivity index (χ1) is 12.0. The number of hydrogen-bond acceptors (Lipinski definition) is 5. The van der Waals surface area contributed by atoms with Crippen LogP contribution in [0.3, 0.4) is 0 Å². The minimum Gasteiger partial charge on any atom is -0.507 e. The van der Waals surface area contributed by atoms with Gasteiger partial charge in [-0.25, -0.2) is 4.79 Å². The number of aromatic hydroxyl groups is 1. The molecule has 0 atom stereocenters. The van der Waals surface area contributed by atoms with Crippen molar-refractivity contribution in [2.24, 2.45) is 0 Å². The van der Waals surface area contributed by atoms with Gasteiger partial charge in [0.05, 0.1) is 13.2 Å². The van der Waals surface area contributed by atoms with Gasteiger partial charge < -0.3 is 25.0 Å². The summed E-state index contributed by atoms with van der Waals surface area (Å²) in [5.74, 6) is -1.09. The molecule has 2 aromatic rings. The third-order valence-corrected chi connectivity index (χ3v) is 3.29. The van der Waals surface area contributed by atoms with Crippen molar-refractivity contribution in [2.75, 3.05) is 18.5 Å². The molecule has 2 rings (SSSR count). The first kappa shape index (κ1) is 18.1. The molecule has 0 aromatic heterocycles. The average Bonchev–Trinajstić information content (AvgIpc) is 2.56. The van der Waals surface area contributed by atoms with Gasteiger partial charge in [0.1, 0.15) is 11.3 Å². The van der Waals surface area contributed by atoms with Crippen LogP contribution < -0.4 is 14.8 Å². The molecule has 25 heavy (non-hydrogen) atoms. The van der Waals surface area contributed by atoms with Crippen molar-refractivity contribution < 1.29 is 29.3 Å². The van der Waals surface area contributed by atoms with Gasteiger partial charge in [0, 0.05) is 17.3 Å². The molecule has 132 valence electrons. The lowest BCUT2D eigenvalue weighted by atomic mass is 10.1. The van der Waals surface area contributed by atoms with E-state index in [2.05, 4.69) is 5.32 Å². The number of anilines is 1. The Morgan fingerprint density at radius 1 is 1.00 bits per heavy atom. The number of nitrogens with one attached hydrogen (secondary N) is 1. The second-order valence-electron chi connectivity index (χ2n) is 5.02. The lowest BCUT2D eigenvalue weighted by Crippen LogP contribution is -2.12. The highest BCUT2D eigenvalue weighted by atomic mass is 16.5. The Balaban J connectivity index is 2.21. The minimum atomic E-state index is -1.25. The average molecular weight is 345 g/mol. The number of ether oxygens (including phenoxy) is 2. The summed E-state index contributed by atoms with van der Waals surface area (Å²) in [5.41, 5.74) is 0.380. The molecule has 0 unspecified atom stereocenters. The van der Waals surface area contributed by atoms with Crippen molar-refractivity contribution in [1.29, 1.82) is 0 Å². The van der Waals surface area contributed by atoms with Gasteiger partial charge in [-0.15, -0.1) is 0 Å². The van der Waals surface area contributed by atoms with Gasteiger partial charge in [0.2, 0.25) is 0 Å². The van der Waals surface area contributed by atoms with Crippen molar-refractivity contribution in [1.82, 2.24) is 0 Å². The van der Waals surface area contributed by atoms with Gasteiger partial charge >= 0.3 is 5.97 Å². The predicted molar refractivity (Wildman–Crippen MR) is 91.8 cm³/mol. The van der Waals surface area contributed by atoms with Crippen LogP contribution in [-0.4, -0.2) is 35.3 Å². The van der Waals surface area contributed by atoms with Gasteiger partial charge in [-0.3, -0.25) is 4.79 Å². The van der Waals surface area contributed by atoms with Gasteiger partial charge in [0.25, 0.3) is 5.91 Å². The number of carbonyl (C=O) groups is 2. The molecule has 0 spiro atoms. The zero-order valence-electron chi connectivity index (χ0n) is 13.9. The van der Waals surface area contributed by atoms with Crippen molar-refractivity contribution in [3.05, 3.63) is 47.5 Å². The molecule has 7 nitrogen and oxygen atoms in total. The number of hydrogen-bond donors (Lipinski definition) is 3. The predicted octanol–water partition coefficient (Wildman–Crippen LogP) is 3.14. The number of carbonyl (C=O) groups excluding carboxylic acids is 1. The Kier molecular flexibility index (Phi) is 5.84. The SMILES string of the molecule is CCOc1ccc(C(=O)Nc2ccc(C(=O)O)c(O)c2)cc1OCC. The molecule has 2 aromatic carbocycles. The van der Waals surface area contributed by atoms with E-state index < -0.39 is 17.6 Å². The number of carboxylic acid groups (broad SMARTS) is 1. The standard InChI is InChI=1S/C18H19NO6/c1-3-24-15-8-5-11(9-16(15)25-4-2)17(21)19-12-6-7-13(18(22)23)14(20)10-12/h5-10,20H,3-4H2,1-2H3,(H,19,21)(H,22,23). The molecule has 0 aliphatic carbocycles. The largest absolute Gasteiger partial charge is 0.507 e. The Bertz CT molecular complexity index is 787. The Labute approximate surface area is 144 Å². The zero-order chi connectivity index (χ0) is 18.4. The van der Waals surface area contributed by atoms with Gasteiger partial charge in [-0.2, -0.15) is 0 Å². The number of benzene rings is 2. The summed E-state index contributed by atoms with van der Waals surface area (Å²) in [6.45, 7) is 4.58. The smallest absolute Gasteiger partial charge is 0.339 e. The summed E-state index contributed by atoms with van der Waals surface area (Å²) < 4.78 is 10.9. The summed E-state index contributed by atoms with van der Waals surface area (Å²) in [7, 11) is 0. The molecule has 1 amide bonds. The van der Waals surface area contributed by atoms with Crippen LogP contribution in [0.1, 0.15) is 34.6 Å². The fourth-order valence-electron chi connectivity index (χ4n) is 2.19. The molecule has 0 aliphatic heterocycles. The van der Waals surface area contributed by atoms with Crippen molar-refractivity contribution >= 4 is 17.6 Å². The van der Waals surface area contributed by atoms with Crippen LogP contribution >= 0.6 is 0 Å². The topological polar surface area (TPSA) is 105 Å². The lowest BCUT2D eigenvalue weighted by molar-refractivity contribution is 0.0693. The summed E-state index contributed by atoms with van der Waals surface area (Å²) in [6, 6.07) is 8.60. The zero-order valence-corrected chi connectivity index (χ0v) is 13.9. The van der Waals surface area contributed by atoms with Crippen molar-refractivity contribution in [2.45, 2.75) is 13.8 Å². The van der Waals surface area contributed by atoms with Crippen LogP contribution in [0.15, 0.2) is 36.4 Å². The van der Waals surface area contributed by atoms with Crippen LogP contribution in [-0.2, 0) is 0 Å². The molecule has 0 aliphatic rings. The summed E-state index contributed by atoms with van der Waals surface area (Å²) in [4.78, 5) is 23.3. The monoisotopic (exact) mass is 345 g/mol. The maximum atomic E-state index is 12.4. The summed E-state index contributed by atoms with van der Waals surface area (Å²) in [6.07, 6.45) is 0. The van der Waals surface area contributed by atoms with E-state index in [4.69, 9.17) is 14.6 Å². The van der Waals surface area contributed by atoms with E-state index in [0.717, 1.165) is 0 Å². The maximum Gasteiger partial charge on any atom is 0.339 e. The Morgan fingerprint density at radius 3 is 2.28 bits per heavy atom. The fraction of sp³-hybridized carbons (Fsp3) is 0.222. The minimum absolute atomic E-state index is 0.238. The quantitative estimate of drug-likeness (QED) is 0.712. The third kappa shape index (κ3) is 4.41. The first-order valence-corrected chi connectivity index (χ1v) is 7.73. The second-order valence-corrected chi connectivity index (χ2v) is 5.02. The number of rotatable bonds is 7. The number of phenols is 1. The van der Waals surface area contributed by atoms with E-state index in [0.29, 0.717) is 30.3 Å².